The number of methoxy groups -OCH3 is 1. The molecule has 23 heavy (non-hydrogen) atoms. The zero-order chi connectivity index (χ0) is 17.6. The molecule has 0 heterocycles. The maximum absolute atomic E-state index is 12.4. The summed E-state index contributed by atoms with van der Waals surface area (Å²) in [4.78, 5) is 12.2. The summed E-state index contributed by atoms with van der Waals surface area (Å²) in [5.41, 5.74) is 0.712. The molecule has 2 atom stereocenters. The number of hydrogen-bond acceptors (Lipinski definition) is 4. The van der Waals surface area contributed by atoms with Gasteiger partial charge in [0, 0.05) is 6.04 Å². The molecule has 0 radical (unpaired) electrons. The summed E-state index contributed by atoms with van der Waals surface area (Å²) >= 11 is 0. The Morgan fingerprint density at radius 1 is 1.30 bits per heavy atom. The molecule has 0 aromatic heterocycles. The van der Waals surface area contributed by atoms with Crippen molar-refractivity contribution in [2.75, 3.05) is 7.11 Å². The number of benzene rings is 1. The van der Waals surface area contributed by atoms with Gasteiger partial charge in [0.05, 0.1) is 18.0 Å². The van der Waals surface area contributed by atoms with Crippen LogP contribution in [0.5, 0.6) is 5.75 Å². The van der Waals surface area contributed by atoms with Crippen LogP contribution in [0.3, 0.4) is 0 Å². The van der Waals surface area contributed by atoms with Gasteiger partial charge in [-0.2, -0.15) is 4.72 Å². The summed E-state index contributed by atoms with van der Waals surface area (Å²) < 4.78 is 32.3. The third-order valence-corrected chi connectivity index (χ3v) is 5.05. The van der Waals surface area contributed by atoms with Crippen LogP contribution in [-0.2, 0) is 14.8 Å². The molecule has 1 rings (SSSR count). The summed E-state index contributed by atoms with van der Waals surface area (Å²) in [7, 11) is -2.24. The number of sulfonamides is 1. The zero-order valence-electron chi connectivity index (χ0n) is 14.3. The molecule has 0 aliphatic heterocycles. The van der Waals surface area contributed by atoms with Crippen LogP contribution >= 0.6 is 0 Å². The second-order valence-electron chi connectivity index (χ2n) is 5.67. The van der Waals surface area contributed by atoms with Crippen molar-refractivity contribution in [1.29, 1.82) is 0 Å². The number of carbonyl (C=O) groups excluding carboxylic acids is 1. The van der Waals surface area contributed by atoms with Crippen molar-refractivity contribution in [2.45, 2.75) is 57.5 Å². The van der Waals surface area contributed by atoms with E-state index in [9.17, 15) is 13.2 Å². The Morgan fingerprint density at radius 2 is 1.96 bits per heavy atom. The van der Waals surface area contributed by atoms with Crippen molar-refractivity contribution >= 4 is 15.9 Å². The van der Waals surface area contributed by atoms with E-state index in [-0.39, 0.29) is 16.8 Å². The third-order valence-electron chi connectivity index (χ3n) is 3.51. The first-order chi connectivity index (χ1) is 10.7. The summed E-state index contributed by atoms with van der Waals surface area (Å²) in [5.74, 6) is 0.280. The molecule has 0 aliphatic carbocycles. The second kappa shape index (κ2) is 8.31. The fourth-order valence-electron chi connectivity index (χ4n) is 2.25. The van der Waals surface area contributed by atoms with Crippen LogP contribution in [0.1, 0.15) is 39.2 Å². The maximum Gasteiger partial charge on any atom is 0.241 e. The van der Waals surface area contributed by atoms with Crippen LogP contribution in [0, 0.1) is 6.92 Å². The van der Waals surface area contributed by atoms with Crippen molar-refractivity contribution in [3.05, 3.63) is 23.8 Å². The average Bonchev–Trinajstić information content (AvgIpc) is 2.46. The van der Waals surface area contributed by atoms with Gasteiger partial charge in [-0.1, -0.05) is 13.3 Å². The van der Waals surface area contributed by atoms with E-state index in [4.69, 9.17) is 4.74 Å². The van der Waals surface area contributed by atoms with E-state index in [1.54, 1.807) is 13.0 Å². The van der Waals surface area contributed by atoms with Gasteiger partial charge >= 0.3 is 0 Å². The predicted octanol–water partition coefficient (Wildman–Crippen LogP) is 1.98. The molecule has 0 bridgehead atoms. The van der Waals surface area contributed by atoms with E-state index in [0.717, 1.165) is 12.8 Å². The topological polar surface area (TPSA) is 84.5 Å². The van der Waals surface area contributed by atoms with Gasteiger partial charge in [0.2, 0.25) is 15.9 Å². The minimum Gasteiger partial charge on any atom is -0.496 e. The number of aryl methyl sites for hydroxylation is 1. The van der Waals surface area contributed by atoms with Crippen LogP contribution in [0.4, 0.5) is 0 Å². The molecule has 0 aliphatic rings. The van der Waals surface area contributed by atoms with E-state index >= 15 is 0 Å². The Morgan fingerprint density at radius 3 is 2.48 bits per heavy atom. The normalized spacial score (nSPS) is 14.1. The van der Waals surface area contributed by atoms with Crippen molar-refractivity contribution in [3.8, 4) is 5.75 Å². The number of carbonyl (C=O) groups is 1. The third kappa shape index (κ3) is 5.51. The summed E-state index contributed by atoms with van der Waals surface area (Å²) in [6, 6.07) is 3.74. The Hall–Kier alpha value is -1.60. The largest absolute Gasteiger partial charge is 0.496 e. The first-order valence-electron chi connectivity index (χ1n) is 7.68. The van der Waals surface area contributed by atoms with Crippen LogP contribution in [0.25, 0.3) is 0 Å². The highest BCUT2D eigenvalue weighted by Crippen LogP contribution is 2.21. The maximum atomic E-state index is 12.4. The van der Waals surface area contributed by atoms with E-state index < -0.39 is 16.1 Å². The molecule has 0 saturated carbocycles. The number of rotatable bonds is 8. The molecule has 2 N–H and O–H groups in total. The van der Waals surface area contributed by atoms with Gasteiger partial charge in [0.15, 0.2) is 0 Å². The quantitative estimate of drug-likeness (QED) is 0.756. The molecule has 0 spiro atoms. The molecule has 1 amide bonds. The first kappa shape index (κ1) is 19.4. The number of hydrogen-bond donors (Lipinski definition) is 2. The lowest BCUT2D eigenvalue weighted by Gasteiger charge is -2.18. The highest BCUT2D eigenvalue weighted by Gasteiger charge is 2.23. The lowest BCUT2D eigenvalue weighted by atomic mass is 10.2. The van der Waals surface area contributed by atoms with Gasteiger partial charge < -0.3 is 10.1 Å². The molecule has 1 aromatic carbocycles. The lowest BCUT2D eigenvalue weighted by molar-refractivity contribution is -0.123. The molecular weight excluding hydrogens is 316 g/mol. The Labute approximate surface area is 138 Å². The van der Waals surface area contributed by atoms with Crippen molar-refractivity contribution < 1.29 is 17.9 Å². The SMILES string of the molecule is CCC[C@H](C)NC(=O)[C@H](C)NS(=O)(=O)c1ccc(OC)c(C)c1. The monoisotopic (exact) mass is 342 g/mol. The smallest absolute Gasteiger partial charge is 0.241 e. The minimum atomic E-state index is -3.77. The highest BCUT2D eigenvalue weighted by molar-refractivity contribution is 7.89. The summed E-state index contributed by atoms with van der Waals surface area (Å²) in [6.45, 7) is 7.22. The van der Waals surface area contributed by atoms with Crippen molar-refractivity contribution in [1.82, 2.24) is 10.0 Å². The minimum absolute atomic E-state index is 0.0164. The number of nitrogens with one attached hydrogen (secondary N) is 2. The molecule has 0 unspecified atom stereocenters. The molecule has 7 heteroatoms. The Balaban J connectivity index is 2.81. The fourth-order valence-corrected chi connectivity index (χ4v) is 3.53. The van der Waals surface area contributed by atoms with Crippen LogP contribution < -0.4 is 14.8 Å². The van der Waals surface area contributed by atoms with Crippen molar-refractivity contribution in [3.63, 3.8) is 0 Å². The molecule has 0 saturated heterocycles. The van der Waals surface area contributed by atoms with Gasteiger partial charge in [0.25, 0.3) is 0 Å². The fraction of sp³-hybridized carbons (Fsp3) is 0.562. The molecule has 6 nitrogen and oxygen atoms in total. The van der Waals surface area contributed by atoms with E-state index in [2.05, 4.69) is 10.0 Å². The number of amides is 1. The number of ether oxygens (including phenoxy) is 1. The van der Waals surface area contributed by atoms with E-state index in [1.165, 1.54) is 26.2 Å². The average molecular weight is 342 g/mol. The van der Waals surface area contributed by atoms with Gasteiger partial charge in [-0.25, -0.2) is 8.42 Å². The van der Waals surface area contributed by atoms with Crippen molar-refractivity contribution in [2.24, 2.45) is 0 Å². The molecular formula is C16H26N2O4S. The van der Waals surface area contributed by atoms with Crippen LogP contribution in [-0.4, -0.2) is 33.5 Å². The summed E-state index contributed by atoms with van der Waals surface area (Å²) in [5, 5.41) is 2.80. The van der Waals surface area contributed by atoms with E-state index in [1.807, 2.05) is 13.8 Å². The molecule has 130 valence electrons. The Bertz CT molecular complexity index is 643. The van der Waals surface area contributed by atoms with Crippen LogP contribution in [0.2, 0.25) is 0 Å². The van der Waals surface area contributed by atoms with Gasteiger partial charge in [-0.15, -0.1) is 0 Å². The Kier molecular flexibility index (Phi) is 7.02. The zero-order valence-corrected chi connectivity index (χ0v) is 15.2. The molecule has 0 fully saturated rings. The summed E-state index contributed by atoms with van der Waals surface area (Å²) in [6.07, 6.45) is 1.80. The van der Waals surface area contributed by atoms with E-state index in [0.29, 0.717) is 11.3 Å². The predicted molar refractivity (Wildman–Crippen MR) is 90.0 cm³/mol. The second-order valence-corrected chi connectivity index (χ2v) is 7.39. The first-order valence-corrected chi connectivity index (χ1v) is 9.17. The van der Waals surface area contributed by atoms with Gasteiger partial charge in [-0.05, 0) is 51.0 Å². The van der Waals surface area contributed by atoms with Gasteiger partial charge in [0.1, 0.15) is 5.75 Å². The lowest BCUT2D eigenvalue weighted by Crippen LogP contribution is -2.47. The standard InChI is InChI=1S/C16H26N2O4S/c1-6-7-12(3)17-16(19)13(4)18-23(20,21)14-8-9-15(22-5)11(2)10-14/h8-10,12-13,18H,6-7H2,1-5H3,(H,17,19)/t12-,13-/m0/s1. The van der Waals surface area contributed by atoms with Gasteiger partial charge in [-0.3, -0.25) is 4.79 Å². The highest BCUT2D eigenvalue weighted by atomic mass is 32.2. The molecule has 1 aromatic rings. The van der Waals surface area contributed by atoms with Crippen LogP contribution in [0.15, 0.2) is 23.1 Å².